The summed E-state index contributed by atoms with van der Waals surface area (Å²) in [5.74, 6) is -0.405. The molecule has 3 nitrogen and oxygen atoms in total. The fourth-order valence-corrected chi connectivity index (χ4v) is 2.21. The molecule has 0 radical (unpaired) electrons. The van der Waals surface area contributed by atoms with Crippen LogP contribution in [0.4, 0.5) is 4.39 Å². The molecule has 90 valence electrons. The first-order chi connectivity index (χ1) is 7.36. The molecule has 0 aromatic heterocycles. The van der Waals surface area contributed by atoms with E-state index in [2.05, 4.69) is 0 Å². The van der Waals surface area contributed by atoms with Crippen molar-refractivity contribution in [3.05, 3.63) is 34.6 Å². The Morgan fingerprint density at radius 1 is 1.44 bits per heavy atom. The molecule has 0 aliphatic heterocycles. The molecule has 0 saturated heterocycles. The number of sulfonamides is 1. The zero-order valence-electron chi connectivity index (χ0n) is 9.07. The third-order valence-electron chi connectivity index (χ3n) is 2.25. The smallest absolute Gasteiger partial charge is 0.212 e. The second-order valence-corrected chi connectivity index (χ2v) is 6.16. The molecule has 0 heterocycles. The summed E-state index contributed by atoms with van der Waals surface area (Å²) in [5, 5.41) is 0.234. The Balaban J connectivity index is 2.89. The molecule has 16 heavy (non-hydrogen) atoms. The van der Waals surface area contributed by atoms with Crippen LogP contribution in [0, 0.1) is 5.82 Å². The molecular weight excluding hydrogens is 253 g/mol. The van der Waals surface area contributed by atoms with Crippen molar-refractivity contribution in [1.29, 1.82) is 0 Å². The maximum absolute atomic E-state index is 12.8. The van der Waals surface area contributed by atoms with Gasteiger partial charge >= 0.3 is 0 Å². The van der Waals surface area contributed by atoms with Crippen LogP contribution in [-0.4, -0.2) is 25.5 Å². The summed E-state index contributed by atoms with van der Waals surface area (Å²) >= 11 is 5.81. The average Bonchev–Trinajstić information content (AvgIpc) is 2.22. The number of rotatable bonds is 4. The van der Waals surface area contributed by atoms with Crippen molar-refractivity contribution in [1.82, 2.24) is 4.31 Å². The van der Waals surface area contributed by atoms with Crippen molar-refractivity contribution in [2.75, 3.05) is 12.8 Å². The quantitative estimate of drug-likeness (QED) is 0.837. The number of nitrogens with zero attached hydrogens (tertiary/aromatic N) is 1. The molecule has 0 bridgehead atoms. The van der Waals surface area contributed by atoms with E-state index < -0.39 is 15.8 Å². The van der Waals surface area contributed by atoms with Crippen molar-refractivity contribution in [2.24, 2.45) is 0 Å². The highest BCUT2D eigenvalue weighted by Gasteiger charge is 2.16. The van der Waals surface area contributed by atoms with Crippen LogP contribution in [-0.2, 0) is 16.6 Å². The van der Waals surface area contributed by atoms with Crippen LogP contribution in [0.5, 0.6) is 0 Å². The standard InChI is InChI=1S/C10H13ClFNO2S/c1-3-16(14,15)13(2)7-8-4-5-9(12)6-10(8)11/h4-6H,3,7H2,1-2H3. The zero-order chi connectivity index (χ0) is 12.3. The fourth-order valence-electron chi connectivity index (χ4n) is 1.21. The largest absolute Gasteiger partial charge is 0.213 e. The van der Waals surface area contributed by atoms with Gasteiger partial charge in [0, 0.05) is 18.6 Å². The first-order valence-electron chi connectivity index (χ1n) is 4.74. The monoisotopic (exact) mass is 265 g/mol. The van der Waals surface area contributed by atoms with Gasteiger partial charge in [-0.1, -0.05) is 17.7 Å². The maximum Gasteiger partial charge on any atom is 0.213 e. The summed E-state index contributed by atoms with van der Waals surface area (Å²) in [5.41, 5.74) is 0.586. The predicted molar refractivity (Wildman–Crippen MR) is 62.3 cm³/mol. The molecule has 0 N–H and O–H groups in total. The number of benzene rings is 1. The molecule has 1 aromatic carbocycles. The molecule has 0 unspecified atom stereocenters. The van der Waals surface area contributed by atoms with Gasteiger partial charge in [-0.25, -0.2) is 17.1 Å². The lowest BCUT2D eigenvalue weighted by Crippen LogP contribution is -2.27. The zero-order valence-corrected chi connectivity index (χ0v) is 10.6. The highest BCUT2D eigenvalue weighted by molar-refractivity contribution is 7.89. The predicted octanol–water partition coefficient (Wildman–Crippen LogP) is 2.26. The Labute approximate surface area is 99.9 Å². The summed E-state index contributed by atoms with van der Waals surface area (Å²) in [6, 6.07) is 3.91. The van der Waals surface area contributed by atoms with Gasteiger partial charge < -0.3 is 0 Å². The van der Waals surface area contributed by atoms with Crippen molar-refractivity contribution in [2.45, 2.75) is 13.5 Å². The van der Waals surface area contributed by atoms with Crippen LogP contribution in [0.1, 0.15) is 12.5 Å². The Morgan fingerprint density at radius 2 is 2.06 bits per heavy atom. The van der Waals surface area contributed by atoms with Gasteiger partial charge in [0.15, 0.2) is 0 Å². The topological polar surface area (TPSA) is 37.4 Å². The molecule has 0 aliphatic rings. The molecule has 0 atom stereocenters. The lowest BCUT2D eigenvalue weighted by molar-refractivity contribution is 0.467. The number of halogens is 2. The molecule has 0 fully saturated rings. The van der Waals surface area contributed by atoms with E-state index in [0.29, 0.717) is 5.56 Å². The van der Waals surface area contributed by atoms with Gasteiger partial charge in [0.2, 0.25) is 10.0 Å². The highest BCUT2D eigenvalue weighted by Crippen LogP contribution is 2.19. The summed E-state index contributed by atoms with van der Waals surface area (Å²) in [6.07, 6.45) is 0. The van der Waals surface area contributed by atoms with Crippen LogP contribution in [0.3, 0.4) is 0 Å². The molecule has 0 aliphatic carbocycles. The first-order valence-corrected chi connectivity index (χ1v) is 6.73. The Morgan fingerprint density at radius 3 is 2.56 bits per heavy atom. The van der Waals surface area contributed by atoms with E-state index in [4.69, 9.17) is 11.6 Å². The number of hydrogen-bond acceptors (Lipinski definition) is 2. The minimum Gasteiger partial charge on any atom is -0.212 e. The third kappa shape index (κ3) is 3.17. The summed E-state index contributed by atoms with van der Waals surface area (Å²) < 4.78 is 37.0. The van der Waals surface area contributed by atoms with Gasteiger partial charge in [0.05, 0.1) is 5.75 Å². The molecular formula is C10H13ClFNO2S. The summed E-state index contributed by atoms with van der Waals surface area (Å²) in [7, 11) is -1.77. The maximum atomic E-state index is 12.8. The second kappa shape index (κ2) is 5.12. The van der Waals surface area contributed by atoms with E-state index in [0.717, 1.165) is 0 Å². The van der Waals surface area contributed by atoms with Crippen LogP contribution in [0.2, 0.25) is 5.02 Å². The van der Waals surface area contributed by atoms with Gasteiger partial charge in [-0.2, -0.15) is 0 Å². The highest BCUT2D eigenvalue weighted by atomic mass is 35.5. The lowest BCUT2D eigenvalue weighted by Gasteiger charge is -2.16. The van der Waals surface area contributed by atoms with Gasteiger partial charge in [0.1, 0.15) is 5.82 Å². The van der Waals surface area contributed by atoms with Gasteiger partial charge in [0.25, 0.3) is 0 Å². The second-order valence-electron chi connectivity index (χ2n) is 3.39. The average molecular weight is 266 g/mol. The van der Waals surface area contributed by atoms with Crippen LogP contribution >= 0.6 is 11.6 Å². The van der Waals surface area contributed by atoms with E-state index in [1.807, 2.05) is 0 Å². The first kappa shape index (κ1) is 13.4. The third-order valence-corrected chi connectivity index (χ3v) is 4.41. The molecule has 0 saturated carbocycles. The lowest BCUT2D eigenvalue weighted by atomic mass is 10.2. The molecule has 0 spiro atoms. The van der Waals surface area contributed by atoms with Crippen molar-refractivity contribution >= 4 is 21.6 Å². The fraction of sp³-hybridized carbons (Fsp3) is 0.400. The number of hydrogen-bond donors (Lipinski definition) is 0. The van der Waals surface area contributed by atoms with Gasteiger partial charge in [-0.3, -0.25) is 0 Å². The molecule has 6 heteroatoms. The molecule has 0 amide bonds. The van der Waals surface area contributed by atoms with E-state index in [9.17, 15) is 12.8 Å². The Hall–Kier alpha value is -0.650. The van der Waals surface area contributed by atoms with Crippen LogP contribution in [0.15, 0.2) is 18.2 Å². The van der Waals surface area contributed by atoms with E-state index in [1.165, 1.54) is 29.6 Å². The molecule has 1 rings (SSSR count). The van der Waals surface area contributed by atoms with Crippen LogP contribution in [0.25, 0.3) is 0 Å². The van der Waals surface area contributed by atoms with E-state index >= 15 is 0 Å². The normalized spacial score (nSPS) is 12.1. The minimum absolute atomic E-state index is 0.0301. The minimum atomic E-state index is -3.24. The van der Waals surface area contributed by atoms with E-state index in [-0.39, 0.29) is 17.3 Å². The summed E-state index contributed by atoms with van der Waals surface area (Å²) in [6.45, 7) is 1.72. The molecule has 1 aromatic rings. The van der Waals surface area contributed by atoms with Crippen molar-refractivity contribution in [3.8, 4) is 0 Å². The Bertz CT molecular complexity index is 476. The van der Waals surface area contributed by atoms with Crippen molar-refractivity contribution in [3.63, 3.8) is 0 Å². The van der Waals surface area contributed by atoms with Crippen molar-refractivity contribution < 1.29 is 12.8 Å². The van der Waals surface area contributed by atoms with Crippen LogP contribution < -0.4 is 0 Å². The SMILES string of the molecule is CCS(=O)(=O)N(C)Cc1ccc(F)cc1Cl. The van der Waals surface area contributed by atoms with E-state index in [1.54, 1.807) is 6.92 Å². The summed E-state index contributed by atoms with van der Waals surface area (Å²) in [4.78, 5) is 0. The van der Waals surface area contributed by atoms with Gasteiger partial charge in [-0.15, -0.1) is 0 Å². The van der Waals surface area contributed by atoms with Gasteiger partial charge in [-0.05, 0) is 24.6 Å². The Kier molecular flexibility index (Phi) is 4.29.